The van der Waals surface area contributed by atoms with Crippen molar-refractivity contribution >= 4 is 17.5 Å². The lowest BCUT2D eigenvalue weighted by Crippen LogP contribution is -2.56. The minimum Gasteiger partial charge on any atom is -0.399 e. The average molecular weight is 291 g/mol. The molecule has 6 nitrogen and oxygen atoms in total. The summed E-state index contributed by atoms with van der Waals surface area (Å²) < 4.78 is 5.35. The molecule has 2 amide bonds. The van der Waals surface area contributed by atoms with Crippen LogP contribution in [-0.4, -0.2) is 48.6 Å². The van der Waals surface area contributed by atoms with Crippen molar-refractivity contribution in [1.82, 2.24) is 10.2 Å². The Morgan fingerprint density at radius 2 is 2.00 bits per heavy atom. The monoisotopic (exact) mass is 291 g/mol. The molecule has 1 fully saturated rings. The molecule has 114 valence electrons. The number of ether oxygens (including phenoxy) is 1. The van der Waals surface area contributed by atoms with Gasteiger partial charge in [-0.05, 0) is 38.1 Å². The predicted molar refractivity (Wildman–Crippen MR) is 79.8 cm³/mol. The SMILES string of the molecule is CC(C)NC(=O)C1COCCN1C(=O)c1ccc(N)cc1. The third kappa shape index (κ3) is 3.72. The Morgan fingerprint density at radius 3 is 2.62 bits per heavy atom. The number of nitrogens with one attached hydrogen (secondary N) is 1. The van der Waals surface area contributed by atoms with Crippen molar-refractivity contribution in [1.29, 1.82) is 0 Å². The third-order valence-corrected chi connectivity index (χ3v) is 3.28. The van der Waals surface area contributed by atoms with E-state index in [-0.39, 0.29) is 24.5 Å². The zero-order valence-corrected chi connectivity index (χ0v) is 12.3. The molecule has 3 N–H and O–H groups in total. The molecule has 1 saturated heterocycles. The second-order valence-corrected chi connectivity index (χ2v) is 5.37. The van der Waals surface area contributed by atoms with Crippen molar-refractivity contribution in [2.45, 2.75) is 25.9 Å². The van der Waals surface area contributed by atoms with Gasteiger partial charge < -0.3 is 20.7 Å². The zero-order valence-electron chi connectivity index (χ0n) is 12.3. The number of rotatable bonds is 3. The van der Waals surface area contributed by atoms with Gasteiger partial charge in [0, 0.05) is 23.8 Å². The number of anilines is 1. The summed E-state index contributed by atoms with van der Waals surface area (Å²) in [5.74, 6) is -0.365. The number of benzene rings is 1. The summed E-state index contributed by atoms with van der Waals surface area (Å²) in [6.07, 6.45) is 0. The van der Waals surface area contributed by atoms with E-state index < -0.39 is 6.04 Å². The molecule has 1 heterocycles. The predicted octanol–water partition coefficient (Wildman–Crippen LogP) is 0.634. The Morgan fingerprint density at radius 1 is 1.33 bits per heavy atom. The molecular weight excluding hydrogens is 270 g/mol. The number of morpholine rings is 1. The Balaban J connectivity index is 2.16. The van der Waals surface area contributed by atoms with Crippen LogP contribution in [0.5, 0.6) is 0 Å². The molecular formula is C15H21N3O3. The van der Waals surface area contributed by atoms with Gasteiger partial charge in [0.15, 0.2) is 0 Å². The third-order valence-electron chi connectivity index (χ3n) is 3.28. The highest BCUT2D eigenvalue weighted by Crippen LogP contribution is 2.14. The van der Waals surface area contributed by atoms with E-state index in [4.69, 9.17) is 10.5 Å². The molecule has 2 rings (SSSR count). The molecule has 0 aliphatic carbocycles. The molecule has 1 atom stereocenters. The number of nitrogens with zero attached hydrogens (tertiary/aromatic N) is 1. The van der Waals surface area contributed by atoms with Crippen molar-refractivity contribution in [2.75, 3.05) is 25.5 Å². The maximum atomic E-state index is 12.6. The fourth-order valence-corrected chi connectivity index (χ4v) is 2.24. The number of carbonyl (C=O) groups is 2. The van der Waals surface area contributed by atoms with Crippen molar-refractivity contribution in [3.05, 3.63) is 29.8 Å². The highest BCUT2D eigenvalue weighted by molar-refractivity contribution is 5.98. The van der Waals surface area contributed by atoms with Crippen LogP contribution >= 0.6 is 0 Å². The van der Waals surface area contributed by atoms with Crippen LogP contribution in [0.1, 0.15) is 24.2 Å². The molecule has 1 aliphatic heterocycles. The first-order valence-corrected chi connectivity index (χ1v) is 7.03. The van der Waals surface area contributed by atoms with Crippen LogP contribution in [-0.2, 0) is 9.53 Å². The first-order chi connectivity index (χ1) is 9.99. The second-order valence-electron chi connectivity index (χ2n) is 5.37. The molecule has 1 aliphatic rings. The van der Waals surface area contributed by atoms with Gasteiger partial charge in [-0.15, -0.1) is 0 Å². The van der Waals surface area contributed by atoms with Crippen LogP contribution in [0.2, 0.25) is 0 Å². The topological polar surface area (TPSA) is 84.7 Å². The van der Waals surface area contributed by atoms with E-state index in [9.17, 15) is 9.59 Å². The molecule has 0 aromatic heterocycles. The number of carbonyl (C=O) groups excluding carboxylic acids is 2. The summed E-state index contributed by atoms with van der Waals surface area (Å²) in [6, 6.07) is 6.13. The number of amides is 2. The Labute approximate surface area is 124 Å². The normalized spacial score (nSPS) is 18.6. The lowest BCUT2D eigenvalue weighted by atomic mass is 10.1. The molecule has 21 heavy (non-hydrogen) atoms. The molecule has 1 aromatic rings. The van der Waals surface area contributed by atoms with Gasteiger partial charge in [-0.25, -0.2) is 0 Å². The maximum absolute atomic E-state index is 12.6. The van der Waals surface area contributed by atoms with Gasteiger partial charge in [0.2, 0.25) is 5.91 Å². The summed E-state index contributed by atoms with van der Waals surface area (Å²) in [4.78, 5) is 26.3. The fraction of sp³-hybridized carbons (Fsp3) is 0.467. The molecule has 0 bridgehead atoms. The molecule has 0 spiro atoms. The van der Waals surface area contributed by atoms with Crippen LogP contribution in [0.25, 0.3) is 0 Å². The Kier molecular flexibility index (Phi) is 4.80. The highest BCUT2D eigenvalue weighted by Gasteiger charge is 2.33. The van der Waals surface area contributed by atoms with Crippen LogP contribution in [0.15, 0.2) is 24.3 Å². The largest absolute Gasteiger partial charge is 0.399 e. The highest BCUT2D eigenvalue weighted by atomic mass is 16.5. The lowest BCUT2D eigenvalue weighted by molar-refractivity contribution is -0.131. The summed E-state index contributed by atoms with van der Waals surface area (Å²) in [7, 11) is 0. The summed E-state index contributed by atoms with van der Waals surface area (Å²) in [6.45, 7) is 4.83. The van der Waals surface area contributed by atoms with Crippen molar-refractivity contribution in [3.63, 3.8) is 0 Å². The minimum absolute atomic E-state index is 0.0212. The number of hydrogen-bond acceptors (Lipinski definition) is 4. The van der Waals surface area contributed by atoms with Gasteiger partial charge in [0.05, 0.1) is 13.2 Å². The first kappa shape index (κ1) is 15.3. The van der Waals surface area contributed by atoms with Gasteiger partial charge in [-0.2, -0.15) is 0 Å². The van der Waals surface area contributed by atoms with E-state index in [2.05, 4.69) is 5.32 Å². The molecule has 0 radical (unpaired) electrons. The van der Waals surface area contributed by atoms with Crippen LogP contribution in [0.3, 0.4) is 0 Å². The van der Waals surface area contributed by atoms with E-state index >= 15 is 0 Å². The zero-order chi connectivity index (χ0) is 15.4. The van der Waals surface area contributed by atoms with Crippen molar-refractivity contribution < 1.29 is 14.3 Å². The van der Waals surface area contributed by atoms with E-state index in [1.807, 2.05) is 13.8 Å². The number of nitrogen functional groups attached to an aromatic ring is 1. The summed E-state index contributed by atoms with van der Waals surface area (Å²) in [5, 5.41) is 2.83. The maximum Gasteiger partial charge on any atom is 0.254 e. The second kappa shape index (κ2) is 6.58. The first-order valence-electron chi connectivity index (χ1n) is 7.03. The van der Waals surface area contributed by atoms with E-state index in [1.165, 1.54) is 0 Å². The summed E-state index contributed by atoms with van der Waals surface area (Å²) in [5.41, 5.74) is 6.75. The fourth-order valence-electron chi connectivity index (χ4n) is 2.24. The summed E-state index contributed by atoms with van der Waals surface area (Å²) >= 11 is 0. The molecule has 6 heteroatoms. The number of hydrogen-bond donors (Lipinski definition) is 2. The average Bonchev–Trinajstić information content (AvgIpc) is 2.46. The van der Waals surface area contributed by atoms with Gasteiger partial charge in [-0.1, -0.05) is 0 Å². The van der Waals surface area contributed by atoms with Crippen molar-refractivity contribution in [2.24, 2.45) is 0 Å². The van der Waals surface area contributed by atoms with Crippen LogP contribution in [0.4, 0.5) is 5.69 Å². The van der Waals surface area contributed by atoms with E-state index in [0.29, 0.717) is 24.4 Å². The van der Waals surface area contributed by atoms with Gasteiger partial charge in [-0.3, -0.25) is 9.59 Å². The standard InChI is InChI=1S/C15H21N3O3/c1-10(2)17-14(19)13-9-21-8-7-18(13)15(20)11-3-5-12(16)6-4-11/h3-6,10,13H,7-9,16H2,1-2H3,(H,17,19). The van der Waals surface area contributed by atoms with Crippen LogP contribution in [0, 0.1) is 0 Å². The van der Waals surface area contributed by atoms with E-state index in [1.54, 1.807) is 29.2 Å². The Bertz CT molecular complexity index is 513. The van der Waals surface area contributed by atoms with Crippen molar-refractivity contribution in [3.8, 4) is 0 Å². The molecule has 1 unspecified atom stereocenters. The van der Waals surface area contributed by atoms with Gasteiger partial charge in [0.1, 0.15) is 6.04 Å². The van der Waals surface area contributed by atoms with Gasteiger partial charge in [0.25, 0.3) is 5.91 Å². The number of nitrogens with two attached hydrogens (primary N) is 1. The molecule has 1 aromatic carbocycles. The van der Waals surface area contributed by atoms with E-state index in [0.717, 1.165) is 0 Å². The quantitative estimate of drug-likeness (QED) is 0.800. The smallest absolute Gasteiger partial charge is 0.254 e. The van der Waals surface area contributed by atoms with Crippen LogP contribution < -0.4 is 11.1 Å². The molecule has 0 saturated carbocycles. The Hall–Kier alpha value is -2.08. The lowest BCUT2D eigenvalue weighted by Gasteiger charge is -2.35. The van der Waals surface area contributed by atoms with Gasteiger partial charge >= 0.3 is 0 Å². The minimum atomic E-state index is -0.591.